The summed E-state index contributed by atoms with van der Waals surface area (Å²) in [4.78, 5) is 25.1. The summed E-state index contributed by atoms with van der Waals surface area (Å²) in [5.74, 6) is 0.319. The van der Waals surface area contributed by atoms with Crippen molar-refractivity contribution in [3.05, 3.63) is 29.5 Å². The highest BCUT2D eigenvalue weighted by atomic mass is 32.1. The Bertz CT molecular complexity index is 616. The molecule has 2 aromatic rings. The minimum Gasteiger partial charge on any atom is -0.391 e. The molecule has 1 fully saturated rings. The van der Waals surface area contributed by atoms with Gasteiger partial charge >= 0.3 is 0 Å². The van der Waals surface area contributed by atoms with Gasteiger partial charge in [0.1, 0.15) is 4.88 Å². The summed E-state index contributed by atoms with van der Waals surface area (Å²) >= 11 is 1.25. The third kappa shape index (κ3) is 3.25. The Labute approximate surface area is 126 Å². The lowest BCUT2D eigenvalue weighted by Crippen LogP contribution is -2.44. The molecule has 1 amide bonds. The number of aliphatic hydroxyl groups is 1. The predicted molar refractivity (Wildman–Crippen MR) is 78.9 cm³/mol. The third-order valence-corrected chi connectivity index (χ3v) is 4.52. The van der Waals surface area contributed by atoms with Crippen LogP contribution in [0.15, 0.2) is 24.7 Å². The molecule has 2 heterocycles. The van der Waals surface area contributed by atoms with E-state index in [9.17, 15) is 9.90 Å². The Morgan fingerprint density at radius 1 is 1.24 bits per heavy atom. The number of nitrogens with one attached hydrogen (secondary N) is 1. The number of rotatable bonds is 3. The largest absolute Gasteiger partial charge is 0.391 e. The average Bonchev–Trinajstić information content (AvgIpc) is 3.00. The molecule has 0 aliphatic heterocycles. The van der Waals surface area contributed by atoms with Gasteiger partial charge in [0.15, 0.2) is 10.8 Å². The van der Waals surface area contributed by atoms with E-state index >= 15 is 0 Å². The average molecular weight is 304 g/mol. The van der Waals surface area contributed by atoms with E-state index in [-0.39, 0.29) is 11.9 Å². The first-order valence-electron chi connectivity index (χ1n) is 6.96. The summed E-state index contributed by atoms with van der Waals surface area (Å²) in [6, 6.07) is 1.57. The topological polar surface area (TPSA) is 88.0 Å². The van der Waals surface area contributed by atoms with Gasteiger partial charge in [-0.05, 0) is 18.9 Å². The van der Waals surface area contributed by atoms with Crippen molar-refractivity contribution in [3.8, 4) is 10.8 Å². The fourth-order valence-corrected chi connectivity index (χ4v) is 3.18. The van der Waals surface area contributed by atoms with Gasteiger partial charge in [-0.1, -0.05) is 12.8 Å². The fraction of sp³-hybridized carbons (Fsp3) is 0.429. The number of hydrogen-bond acceptors (Lipinski definition) is 6. The lowest BCUT2D eigenvalue weighted by atomic mass is 9.92. The van der Waals surface area contributed by atoms with Gasteiger partial charge in [0.25, 0.3) is 5.91 Å². The summed E-state index contributed by atoms with van der Waals surface area (Å²) in [7, 11) is 0. The van der Waals surface area contributed by atoms with E-state index < -0.39 is 6.10 Å². The van der Waals surface area contributed by atoms with Gasteiger partial charge in [0.2, 0.25) is 0 Å². The van der Waals surface area contributed by atoms with Crippen LogP contribution in [0, 0.1) is 0 Å². The molecule has 1 aliphatic rings. The molecule has 0 radical (unpaired) electrons. The van der Waals surface area contributed by atoms with Crippen molar-refractivity contribution in [2.45, 2.75) is 37.8 Å². The smallest absolute Gasteiger partial charge is 0.263 e. The number of aromatic nitrogens is 3. The third-order valence-electron chi connectivity index (χ3n) is 3.53. The molecule has 3 rings (SSSR count). The summed E-state index contributed by atoms with van der Waals surface area (Å²) in [6.45, 7) is 0. The molecule has 0 saturated heterocycles. The van der Waals surface area contributed by atoms with Crippen molar-refractivity contribution in [2.24, 2.45) is 0 Å². The van der Waals surface area contributed by atoms with E-state index in [0.29, 0.717) is 15.7 Å². The summed E-state index contributed by atoms with van der Waals surface area (Å²) in [5.41, 5.74) is 0. The second-order valence-electron chi connectivity index (χ2n) is 5.03. The molecule has 2 atom stereocenters. The second kappa shape index (κ2) is 6.28. The van der Waals surface area contributed by atoms with E-state index in [4.69, 9.17) is 0 Å². The minimum atomic E-state index is -0.451. The van der Waals surface area contributed by atoms with Crippen molar-refractivity contribution in [3.63, 3.8) is 0 Å². The van der Waals surface area contributed by atoms with Gasteiger partial charge in [-0.3, -0.25) is 4.79 Å². The van der Waals surface area contributed by atoms with Crippen molar-refractivity contribution >= 4 is 17.2 Å². The van der Waals surface area contributed by atoms with Gasteiger partial charge in [-0.2, -0.15) is 0 Å². The first-order chi connectivity index (χ1) is 10.2. The Morgan fingerprint density at radius 2 is 2.00 bits per heavy atom. The number of carbonyl (C=O) groups excluding carboxylic acids is 1. The zero-order valence-electron chi connectivity index (χ0n) is 11.4. The molecule has 0 aromatic carbocycles. The van der Waals surface area contributed by atoms with Crippen LogP contribution in [-0.4, -0.2) is 38.1 Å². The molecule has 1 saturated carbocycles. The van der Waals surface area contributed by atoms with Crippen LogP contribution in [0.3, 0.4) is 0 Å². The molecule has 110 valence electrons. The van der Waals surface area contributed by atoms with Gasteiger partial charge in [0, 0.05) is 12.4 Å². The second-order valence-corrected chi connectivity index (χ2v) is 6.06. The maximum Gasteiger partial charge on any atom is 0.263 e. The maximum absolute atomic E-state index is 12.2. The summed E-state index contributed by atoms with van der Waals surface area (Å²) in [6.07, 6.45) is 7.98. The maximum atomic E-state index is 12.2. The predicted octanol–water partition coefficient (Wildman–Crippen LogP) is 1.63. The number of carbonyl (C=O) groups is 1. The first kappa shape index (κ1) is 14.1. The number of amides is 1. The summed E-state index contributed by atoms with van der Waals surface area (Å²) in [5, 5.41) is 13.4. The van der Waals surface area contributed by atoms with Crippen LogP contribution in [0.5, 0.6) is 0 Å². The Balaban J connectivity index is 1.69. The lowest BCUT2D eigenvalue weighted by molar-refractivity contribution is 0.0720. The molecule has 7 heteroatoms. The van der Waals surface area contributed by atoms with Crippen LogP contribution in [0.4, 0.5) is 0 Å². The standard InChI is InChI=1S/C14H16N4O2S/c19-10-5-2-1-4-9(10)18-13(20)11-8-17-14(21-11)12-15-6-3-7-16-12/h3,6-10,19H,1-2,4-5H2,(H,18,20). The van der Waals surface area contributed by atoms with Gasteiger partial charge < -0.3 is 10.4 Å². The Kier molecular flexibility index (Phi) is 4.21. The normalized spacial score (nSPS) is 22.0. The fourth-order valence-electron chi connectivity index (χ4n) is 2.41. The van der Waals surface area contributed by atoms with Gasteiger partial charge in [-0.25, -0.2) is 15.0 Å². The van der Waals surface area contributed by atoms with E-state index in [0.717, 1.165) is 25.7 Å². The number of thiazole rings is 1. The lowest BCUT2D eigenvalue weighted by Gasteiger charge is -2.28. The van der Waals surface area contributed by atoms with Gasteiger partial charge in [0.05, 0.1) is 18.3 Å². The molecule has 2 aromatic heterocycles. The molecule has 2 unspecified atom stereocenters. The minimum absolute atomic E-state index is 0.162. The van der Waals surface area contributed by atoms with E-state index in [2.05, 4.69) is 20.3 Å². The molecular weight excluding hydrogens is 288 g/mol. The zero-order valence-corrected chi connectivity index (χ0v) is 12.2. The first-order valence-corrected chi connectivity index (χ1v) is 7.78. The molecule has 0 spiro atoms. The molecular formula is C14H16N4O2S. The molecule has 2 N–H and O–H groups in total. The number of aliphatic hydroxyl groups excluding tert-OH is 1. The molecule has 21 heavy (non-hydrogen) atoms. The van der Waals surface area contributed by atoms with Crippen LogP contribution in [0.1, 0.15) is 35.4 Å². The highest BCUT2D eigenvalue weighted by Crippen LogP contribution is 2.23. The Hall–Kier alpha value is -1.86. The molecule has 6 nitrogen and oxygen atoms in total. The summed E-state index contributed by atoms with van der Waals surface area (Å²) < 4.78 is 0. The van der Waals surface area contributed by atoms with Crippen LogP contribution in [-0.2, 0) is 0 Å². The van der Waals surface area contributed by atoms with E-state index in [1.807, 2.05) is 0 Å². The number of hydrogen-bond donors (Lipinski definition) is 2. The monoisotopic (exact) mass is 304 g/mol. The van der Waals surface area contributed by atoms with Crippen LogP contribution in [0.25, 0.3) is 10.8 Å². The van der Waals surface area contributed by atoms with Crippen molar-refractivity contribution < 1.29 is 9.90 Å². The highest BCUT2D eigenvalue weighted by Gasteiger charge is 2.25. The van der Waals surface area contributed by atoms with E-state index in [1.165, 1.54) is 17.5 Å². The van der Waals surface area contributed by atoms with Crippen molar-refractivity contribution in [1.82, 2.24) is 20.3 Å². The molecule has 1 aliphatic carbocycles. The SMILES string of the molecule is O=C(NC1CCCCC1O)c1cnc(-c2ncccn2)s1. The van der Waals surface area contributed by atoms with Crippen molar-refractivity contribution in [2.75, 3.05) is 0 Å². The van der Waals surface area contributed by atoms with E-state index in [1.54, 1.807) is 18.5 Å². The van der Waals surface area contributed by atoms with Crippen LogP contribution < -0.4 is 5.32 Å². The number of nitrogens with zero attached hydrogens (tertiary/aromatic N) is 3. The van der Waals surface area contributed by atoms with Crippen LogP contribution in [0.2, 0.25) is 0 Å². The molecule has 0 bridgehead atoms. The quantitative estimate of drug-likeness (QED) is 0.900. The van der Waals surface area contributed by atoms with Gasteiger partial charge in [-0.15, -0.1) is 11.3 Å². The van der Waals surface area contributed by atoms with Crippen molar-refractivity contribution in [1.29, 1.82) is 0 Å². The Morgan fingerprint density at radius 3 is 2.76 bits per heavy atom. The highest BCUT2D eigenvalue weighted by molar-refractivity contribution is 7.16. The van der Waals surface area contributed by atoms with Crippen LogP contribution >= 0.6 is 11.3 Å². The zero-order chi connectivity index (χ0) is 14.7.